The summed E-state index contributed by atoms with van der Waals surface area (Å²) >= 11 is 0. The molecule has 0 spiro atoms. The summed E-state index contributed by atoms with van der Waals surface area (Å²) in [6.07, 6.45) is 0.441. The van der Waals surface area contributed by atoms with E-state index in [0.717, 1.165) is 11.3 Å². The van der Waals surface area contributed by atoms with E-state index in [0.29, 0.717) is 6.42 Å². The Labute approximate surface area is 124 Å². The van der Waals surface area contributed by atoms with Crippen LogP contribution in [0.4, 0.5) is 5.69 Å². The van der Waals surface area contributed by atoms with Crippen LogP contribution in [0, 0.1) is 11.3 Å². The number of anilines is 1. The lowest BCUT2D eigenvalue weighted by Crippen LogP contribution is -2.09. The number of rotatable bonds is 4. The summed E-state index contributed by atoms with van der Waals surface area (Å²) in [5, 5.41) is 14.9. The molecule has 21 heavy (non-hydrogen) atoms. The maximum atomic E-state index is 9.06. The zero-order chi connectivity index (χ0) is 14.5. The van der Waals surface area contributed by atoms with E-state index in [1.165, 1.54) is 10.8 Å². The van der Waals surface area contributed by atoms with Crippen LogP contribution in [0.25, 0.3) is 10.8 Å². The van der Waals surface area contributed by atoms with Crippen LogP contribution >= 0.6 is 0 Å². The normalized spacial score (nSPS) is 11.8. The Balaban J connectivity index is 1.89. The Morgan fingerprint density at radius 2 is 1.57 bits per heavy atom. The average Bonchev–Trinajstić information content (AvgIpc) is 2.55. The number of nitrogens with zero attached hydrogens (tertiary/aromatic N) is 1. The second-order valence-electron chi connectivity index (χ2n) is 5.03. The molecule has 0 radical (unpaired) electrons. The highest BCUT2D eigenvalue weighted by Crippen LogP contribution is 2.25. The predicted octanol–water partition coefficient (Wildman–Crippen LogP) is 4.91. The fraction of sp³-hybridized carbons (Fsp3) is 0.105. The third kappa shape index (κ3) is 3.04. The van der Waals surface area contributed by atoms with Crippen molar-refractivity contribution in [3.63, 3.8) is 0 Å². The molecule has 2 nitrogen and oxygen atoms in total. The molecule has 1 unspecified atom stereocenters. The van der Waals surface area contributed by atoms with Gasteiger partial charge in [-0.3, -0.25) is 0 Å². The molecule has 3 aromatic carbocycles. The van der Waals surface area contributed by atoms with Crippen LogP contribution in [-0.2, 0) is 0 Å². The number of nitrogens with one attached hydrogen (secondary N) is 1. The van der Waals surface area contributed by atoms with Crippen LogP contribution in [-0.4, -0.2) is 0 Å². The second-order valence-corrected chi connectivity index (χ2v) is 5.03. The van der Waals surface area contributed by atoms with Crippen LogP contribution in [0.3, 0.4) is 0 Å². The van der Waals surface area contributed by atoms with Gasteiger partial charge in [0.1, 0.15) is 0 Å². The molecule has 0 heterocycles. The Morgan fingerprint density at radius 1 is 0.857 bits per heavy atom. The molecular weight excluding hydrogens is 256 g/mol. The lowest BCUT2D eigenvalue weighted by atomic mass is 10.0. The lowest BCUT2D eigenvalue weighted by Gasteiger charge is -2.18. The maximum absolute atomic E-state index is 9.06. The number of hydrogen-bond acceptors (Lipinski definition) is 2. The van der Waals surface area contributed by atoms with E-state index in [1.807, 2.05) is 30.3 Å². The molecule has 102 valence electrons. The molecule has 2 heteroatoms. The van der Waals surface area contributed by atoms with Crippen molar-refractivity contribution in [1.82, 2.24) is 0 Å². The fourth-order valence-corrected chi connectivity index (χ4v) is 2.51. The summed E-state index contributed by atoms with van der Waals surface area (Å²) in [4.78, 5) is 0. The van der Waals surface area contributed by atoms with Crippen molar-refractivity contribution in [2.75, 3.05) is 5.32 Å². The fourth-order valence-electron chi connectivity index (χ4n) is 2.51. The van der Waals surface area contributed by atoms with E-state index >= 15 is 0 Å². The van der Waals surface area contributed by atoms with Crippen molar-refractivity contribution in [3.05, 3.63) is 78.4 Å². The molecule has 0 bridgehead atoms. The molecular formula is C19H16N2. The summed E-state index contributed by atoms with van der Waals surface area (Å²) in [5.41, 5.74) is 2.17. The van der Waals surface area contributed by atoms with E-state index < -0.39 is 0 Å². The van der Waals surface area contributed by atoms with Gasteiger partial charge in [0.2, 0.25) is 0 Å². The number of fused-ring (bicyclic) bond motifs is 1. The largest absolute Gasteiger partial charge is 0.377 e. The minimum atomic E-state index is 0.0114. The van der Waals surface area contributed by atoms with Crippen molar-refractivity contribution in [2.24, 2.45) is 0 Å². The van der Waals surface area contributed by atoms with Crippen molar-refractivity contribution >= 4 is 16.5 Å². The van der Waals surface area contributed by atoms with E-state index in [-0.39, 0.29) is 6.04 Å². The molecule has 0 aliphatic rings. The molecule has 0 aromatic heterocycles. The van der Waals surface area contributed by atoms with Gasteiger partial charge in [-0.15, -0.1) is 0 Å². The molecule has 0 saturated heterocycles. The van der Waals surface area contributed by atoms with Gasteiger partial charge in [0, 0.05) is 5.69 Å². The van der Waals surface area contributed by atoms with Gasteiger partial charge in [0.25, 0.3) is 0 Å². The minimum Gasteiger partial charge on any atom is -0.377 e. The minimum absolute atomic E-state index is 0.0114. The Bertz CT molecular complexity index is 772. The first-order chi connectivity index (χ1) is 10.4. The quantitative estimate of drug-likeness (QED) is 0.732. The average molecular weight is 272 g/mol. The van der Waals surface area contributed by atoms with Gasteiger partial charge in [0.15, 0.2) is 0 Å². The Hall–Kier alpha value is -2.79. The topological polar surface area (TPSA) is 35.8 Å². The van der Waals surface area contributed by atoms with Crippen LogP contribution in [0.5, 0.6) is 0 Å². The van der Waals surface area contributed by atoms with E-state index in [1.54, 1.807) is 0 Å². The SMILES string of the molecule is N#CCC(Nc1ccc2ccccc2c1)c1ccccc1. The molecule has 0 aliphatic heterocycles. The van der Waals surface area contributed by atoms with E-state index in [4.69, 9.17) is 5.26 Å². The summed E-state index contributed by atoms with van der Waals surface area (Å²) in [6, 6.07) is 26.9. The van der Waals surface area contributed by atoms with Crippen LogP contribution in [0.15, 0.2) is 72.8 Å². The first-order valence-electron chi connectivity index (χ1n) is 7.04. The lowest BCUT2D eigenvalue weighted by molar-refractivity contribution is 0.806. The third-order valence-corrected chi connectivity index (χ3v) is 3.59. The van der Waals surface area contributed by atoms with E-state index in [2.05, 4.69) is 53.9 Å². The summed E-state index contributed by atoms with van der Waals surface area (Å²) in [6.45, 7) is 0. The monoisotopic (exact) mass is 272 g/mol. The predicted molar refractivity (Wildman–Crippen MR) is 87.0 cm³/mol. The maximum Gasteiger partial charge on any atom is 0.0647 e. The van der Waals surface area contributed by atoms with Crippen molar-refractivity contribution in [1.29, 1.82) is 5.26 Å². The van der Waals surface area contributed by atoms with Crippen LogP contribution in [0.1, 0.15) is 18.0 Å². The van der Waals surface area contributed by atoms with Crippen LogP contribution < -0.4 is 5.32 Å². The zero-order valence-electron chi connectivity index (χ0n) is 11.7. The van der Waals surface area contributed by atoms with Crippen molar-refractivity contribution < 1.29 is 0 Å². The highest BCUT2D eigenvalue weighted by atomic mass is 14.9. The highest BCUT2D eigenvalue weighted by molar-refractivity contribution is 5.85. The molecule has 3 rings (SSSR count). The van der Waals surface area contributed by atoms with Gasteiger partial charge in [-0.1, -0.05) is 60.7 Å². The summed E-state index contributed by atoms with van der Waals surface area (Å²) in [7, 11) is 0. The van der Waals surface area contributed by atoms with Gasteiger partial charge in [-0.2, -0.15) is 5.26 Å². The van der Waals surface area contributed by atoms with E-state index in [9.17, 15) is 0 Å². The van der Waals surface area contributed by atoms with Gasteiger partial charge in [-0.05, 0) is 28.5 Å². The standard InChI is InChI=1S/C19H16N2/c20-13-12-19(16-7-2-1-3-8-16)21-18-11-10-15-6-4-5-9-17(15)14-18/h1-11,14,19,21H,12H2. The molecule has 0 fully saturated rings. The number of benzene rings is 3. The third-order valence-electron chi connectivity index (χ3n) is 3.59. The Morgan fingerprint density at radius 3 is 2.33 bits per heavy atom. The first kappa shape index (κ1) is 13.2. The van der Waals surface area contributed by atoms with Gasteiger partial charge >= 0.3 is 0 Å². The molecule has 0 saturated carbocycles. The molecule has 3 aromatic rings. The molecule has 1 atom stereocenters. The van der Waals surface area contributed by atoms with Crippen molar-refractivity contribution in [3.8, 4) is 6.07 Å². The van der Waals surface area contributed by atoms with Gasteiger partial charge in [-0.25, -0.2) is 0 Å². The number of hydrogen-bond donors (Lipinski definition) is 1. The van der Waals surface area contributed by atoms with Crippen LogP contribution in [0.2, 0.25) is 0 Å². The van der Waals surface area contributed by atoms with Gasteiger partial charge in [0.05, 0.1) is 18.5 Å². The summed E-state index contributed by atoms with van der Waals surface area (Å²) < 4.78 is 0. The second kappa shape index (κ2) is 6.11. The Kier molecular flexibility index (Phi) is 3.84. The van der Waals surface area contributed by atoms with Crippen molar-refractivity contribution in [2.45, 2.75) is 12.5 Å². The molecule has 0 amide bonds. The highest BCUT2D eigenvalue weighted by Gasteiger charge is 2.10. The molecule has 0 aliphatic carbocycles. The first-order valence-corrected chi connectivity index (χ1v) is 7.04. The molecule has 1 N–H and O–H groups in total. The van der Waals surface area contributed by atoms with Gasteiger partial charge < -0.3 is 5.32 Å². The smallest absolute Gasteiger partial charge is 0.0647 e. The number of nitriles is 1. The zero-order valence-corrected chi connectivity index (χ0v) is 11.7. The summed E-state index contributed by atoms with van der Waals surface area (Å²) in [5.74, 6) is 0.